The van der Waals surface area contributed by atoms with E-state index in [2.05, 4.69) is 19.1 Å². The fourth-order valence-electron chi connectivity index (χ4n) is 3.63. The van der Waals surface area contributed by atoms with Crippen molar-refractivity contribution in [2.24, 2.45) is 5.92 Å². The monoisotopic (exact) mass is 350 g/mol. The first-order chi connectivity index (χ1) is 12.6. The van der Waals surface area contributed by atoms with E-state index in [1.807, 2.05) is 53.4 Å². The van der Waals surface area contributed by atoms with Crippen molar-refractivity contribution in [3.05, 3.63) is 71.8 Å². The minimum Gasteiger partial charge on any atom is -0.338 e. The Morgan fingerprint density at radius 1 is 1.04 bits per heavy atom. The highest BCUT2D eigenvalue weighted by molar-refractivity contribution is 5.79. The average molecular weight is 350 g/mol. The molecule has 1 saturated heterocycles. The molecule has 2 aromatic rings. The Bertz CT molecular complexity index is 745. The number of amides is 2. The first-order valence-electron chi connectivity index (χ1n) is 9.20. The van der Waals surface area contributed by atoms with Crippen LogP contribution in [0, 0.1) is 5.92 Å². The van der Waals surface area contributed by atoms with E-state index in [1.54, 1.807) is 11.8 Å². The summed E-state index contributed by atoms with van der Waals surface area (Å²) in [5.74, 6) is 0.587. The third kappa shape index (κ3) is 4.13. The maximum atomic E-state index is 12.7. The van der Waals surface area contributed by atoms with Crippen LogP contribution in [0.3, 0.4) is 0 Å². The van der Waals surface area contributed by atoms with Crippen molar-refractivity contribution in [3.63, 3.8) is 0 Å². The molecule has 0 aromatic heterocycles. The molecule has 4 heteroatoms. The maximum Gasteiger partial charge on any atom is 0.224 e. The van der Waals surface area contributed by atoms with Crippen LogP contribution in [0.1, 0.15) is 37.4 Å². The highest BCUT2D eigenvalue weighted by Crippen LogP contribution is 2.38. The molecule has 0 bridgehead atoms. The van der Waals surface area contributed by atoms with Gasteiger partial charge in [0.1, 0.15) is 0 Å². The second kappa shape index (κ2) is 8.17. The Morgan fingerprint density at radius 2 is 1.65 bits per heavy atom. The molecular weight excluding hydrogens is 324 g/mol. The standard InChI is InChI=1S/C22H26N2O2/c1-17-15-24(22(17)20-11-7-4-8-12-20)21(26)13-14-23(18(2)25)16-19-9-5-3-6-10-19/h3-12,17,22H,13-16H2,1-2H3/t17-,22+/m0/s1. The number of carbonyl (C=O) groups is 2. The summed E-state index contributed by atoms with van der Waals surface area (Å²) in [6, 6.07) is 20.2. The smallest absolute Gasteiger partial charge is 0.224 e. The summed E-state index contributed by atoms with van der Waals surface area (Å²) in [6.07, 6.45) is 0.364. The van der Waals surface area contributed by atoms with Crippen LogP contribution in [-0.4, -0.2) is 34.7 Å². The van der Waals surface area contributed by atoms with Crippen LogP contribution in [0.2, 0.25) is 0 Å². The van der Waals surface area contributed by atoms with Gasteiger partial charge in [0.25, 0.3) is 0 Å². The molecule has 136 valence electrons. The predicted octanol–water partition coefficient (Wildman–Crippen LogP) is 3.64. The lowest BCUT2D eigenvalue weighted by molar-refractivity contribution is -0.144. The van der Waals surface area contributed by atoms with Gasteiger partial charge in [-0.25, -0.2) is 0 Å². The van der Waals surface area contributed by atoms with Gasteiger partial charge in [-0.2, -0.15) is 0 Å². The summed E-state index contributed by atoms with van der Waals surface area (Å²) in [7, 11) is 0. The Kier molecular flexibility index (Phi) is 5.71. The second-order valence-electron chi connectivity index (χ2n) is 7.06. The van der Waals surface area contributed by atoms with E-state index in [9.17, 15) is 9.59 Å². The summed E-state index contributed by atoms with van der Waals surface area (Å²) in [5, 5.41) is 0. The zero-order valence-corrected chi connectivity index (χ0v) is 15.5. The number of hydrogen-bond donors (Lipinski definition) is 0. The number of rotatable bonds is 6. The lowest BCUT2D eigenvalue weighted by Crippen LogP contribution is -2.52. The summed E-state index contributed by atoms with van der Waals surface area (Å²) in [5.41, 5.74) is 2.27. The van der Waals surface area contributed by atoms with Gasteiger partial charge >= 0.3 is 0 Å². The molecule has 1 aliphatic rings. The maximum absolute atomic E-state index is 12.7. The Balaban J connectivity index is 1.59. The molecule has 26 heavy (non-hydrogen) atoms. The van der Waals surface area contributed by atoms with Crippen molar-refractivity contribution in [1.29, 1.82) is 0 Å². The number of nitrogens with zero attached hydrogens (tertiary/aromatic N) is 2. The first kappa shape index (κ1) is 18.2. The SMILES string of the molecule is CC(=O)N(CCC(=O)N1C[C@H](C)[C@@H]1c1ccccc1)Cc1ccccc1. The van der Waals surface area contributed by atoms with E-state index in [0.717, 1.165) is 12.1 Å². The molecule has 0 radical (unpaired) electrons. The van der Waals surface area contributed by atoms with E-state index in [-0.39, 0.29) is 17.9 Å². The van der Waals surface area contributed by atoms with Gasteiger partial charge in [-0.05, 0) is 17.0 Å². The summed E-state index contributed by atoms with van der Waals surface area (Å²) >= 11 is 0. The highest BCUT2D eigenvalue weighted by Gasteiger charge is 2.39. The molecule has 2 amide bonds. The van der Waals surface area contributed by atoms with Crippen molar-refractivity contribution in [3.8, 4) is 0 Å². The molecule has 0 saturated carbocycles. The number of carbonyl (C=O) groups excluding carboxylic acids is 2. The van der Waals surface area contributed by atoms with E-state index in [1.165, 1.54) is 5.56 Å². The number of likely N-dealkylation sites (tertiary alicyclic amines) is 1. The lowest BCUT2D eigenvalue weighted by Gasteiger charge is -2.47. The van der Waals surface area contributed by atoms with E-state index in [4.69, 9.17) is 0 Å². The van der Waals surface area contributed by atoms with Gasteiger partial charge in [0.15, 0.2) is 0 Å². The summed E-state index contributed by atoms with van der Waals surface area (Å²) in [6.45, 7) is 5.53. The van der Waals surface area contributed by atoms with E-state index >= 15 is 0 Å². The molecule has 2 atom stereocenters. The quantitative estimate of drug-likeness (QED) is 0.798. The van der Waals surface area contributed by atoms with Crippen LogP contribution >= 0.6 is 0 Å². The zero-order chi connectivity index (χ0) is 18.5. The van der Waals surface area contributed by atoms with Gasteiger partial charge in [-0.3, -0.25) is 9.59 Å². The van der Waals surface area contributed by atoms with Crippen molar-refractivity contribution in [2.75, 3.05) is 13.1 Å². The molecule has 1 aliphatic heterocycles. The third-order valence-corrected chi connectivity index (χ3v) is 5.08. The Hall–Kier alpha value is -2.62. The third-order valence-electron chi connectivity index (χ3n) is 5.08. The molecule has 2 aromatic carbocycles. The van der Waals surface area contributed by atoms with Gasteiger partial charge in [0, 0.05) is 33.0 Å². The van der Waals surface area contributed by atoms with Gasteiger partial charge in [-0.15, -0.1) is 0 Å². The van der Waals surface area contributed by atoms with Gasteiger partial charge in [-0.1, -0.05) is 67.6 Å². The summed E-state index contributed by atoms with van der Waals surface area (Å²) in [4.78, 5) is 28.4. The van der Waals surface area contributed by atoms with Gasteiger partial charge in [0.05, 0.1) is 6.04 Å². The molecule has 0 N–H and O–H groups in total. The largest absolute Gasteiger partial charge is 0.338 e. The normalized spacial score (nSPS) is 18.9. The van der Waals surface area contributed by atoms with Gasteiger partial charge in [0.2, 0.25) is 11.8 Å². The molecule has 0 unspecified atom stereocenters. The Labute approximate surface area is 155 Å². The molecule has 1 fully saturated rings. The van der Waals surface area contributed by atoms with Crippen LogP contribution in [0.25, 0.3) is 0 Å². The molecule has 3 rings (SSSR count). The van der Waals surface area contributed by atoms with Crippen LogP contribution < -0.4 is 0 Å². The molecule has 0 spiro atoms. The van der Waals surface area contributed by atoms with Crippen LogP contribution in [0.5, 0.6) is 0 Å². The predicted molar refractivity (Wildman–Crippen MR) is 102 cm³/mol. The first-order valence-corrected chi connectivity index (χ1v) is 9.20. The molecule has 4 nitrogen and oxygen atoms in total. The number of benzene rings is 2. The fraction of sp³-hybridized carbons (Fsp3) is 0.364. The zero-order valence-electron chi connectivity index (χ0n) is 15.5. The lowest BCUT2D eigenvalue weighted by atomic mass is 9.84. The van der Waals surface area contributed by atoms with Gasteiger partial charge < -0.3 is 9.80 Å². The molecule has 0 aliphatic carbocycles. The van der Waals surface area contributed by atoms with Crippen molar-refractivity contribution >= 4 is 11.8 Å². The average Bonchev–Trinajstić information content (AvgIpc) is 2.64. The van der Waals surface area contributed by atoms with Crippen molar-refractivity contribution < 1.29 is 9.59 Å². The minimum absolute atomic E-state index is 0.00163. The summed E-state index contributed by atoms with van der Waals surface area (Å²) < 4.78 is 0. The minimum atomic E-state index is -0.00163. The molecular formula is C22H26N2O2. The highest BCUT2D eigenvalue weighted by atomic mass is 16.2. The van der Waals surface area contributed by atoms with Crippen LogP contribution in [-0.2, 0) is 16.1 Å². The van der Waals surface area contributed by atoms with E-state index in [0.29, 0.717) is 25.4 Å². The second-order valence-corrected chi connectivity index (χ2v) is 7.06. The fourth-order valence-corrected chi connectivity index (χ4v) is 3.63. The number of hydrogen-bond acceptors (Lipinski definition) is 2. The van der Waals surface area contributed by atoms with Crippen LogP contribution in [0.15, 0.2) is 60.7 Å². The molecule has 1 heterocycles. The van der Waals surface area contributed by atoms with Crippen molar-refractivity contribution in [2.45, 2.75) is 32.9 Å². The Morgan fingerprint density at radius 3 is 2.23 bits per heavy atom. The van der Waals surface area contributed by atoms with Crippen molar-refractivity contribution in [1.82, 2.24) is 9.80 Å². The van der Waals surface area contributed by atoms with Crippen LogP contribution in [0.4, 0.5) is 0 Å². The topological polar surface area (TPSA) is 40.6 Å². The van der Waals surface area contributed by atoms with E-state index < -0.39 is 0 Å².